The fourth-order valence-electron chi connectivity index (χ4n) is 1.83. The second kappa shape index (κ2) is 5.55. The largest absolute Gasteiger partial charge is 0.318 e. The Morgan fingerprint density at radius 1 is 1.20 bits per heavy atom. The smallest absolute Gasteiger partial charge is 0.289 e. The van der Waals surface area contributed by atoms with Crippen LogP contribution in [0.4, 0.5) is 0 Å². The second-order valence-corrected chi connectivity index (χ2v) is 8.38. The number of thiophene rings is 1. The quantitative estimate of drug-likeness (QED) is 0.555. The molecule has 3 rings (SSSR count). The van der Waals surface area contributed by atoms with Crippen molar-refractivity contribution in [2.24, 2.45) is 12.0 Å². The lowest BCUT2D eigenvalue weighted by Crippen LogP contribution is -2.12. The van der Waals surface area contributed by atoms with Gasteiger partial charge in [-0.05, 0) is 56.1 Å². The fourth-order valence-corrected chi connectivity index (χ4v) is 4.91. The van der Waals surface area contributed by atoms with Crippen LogP contribution >= 0.6 is 54.5 Å². The van der Waals surface area contributed by atoms with Gasteiger partial charge in [0, 0.05) is 11.5 Å². The predicted octanol–water partition coefficient (Wildman–Crippen LogP) is 4.57. The van der Waals surface area contributed by atoms with Crippen LogP contribution in [-0.2, 0) is 7.05 Å². The molecule has 0 aliphatic rings. The van der Waals surface area contributed by atoms with E-state index in [2.05, 4.69) is 36.9 Å². The summed E-state index contributed by atoms with van der Waals surface area (Å²) in [5, 5.41) is 0. The third kappa shape index (κ3) is 2.55. The van der Waals surface area contributed by atoms with Crippen molar-refractivity contribution in [2.45, 2.75) is 0 Å². The average Bonchev–Trinajstić information content (AvgIpc) is 2.96. The molecule has 0 bridgehead atoms. The number of carbonyl (C=O) groups excluding carboxylic acids is 1. The van der Waals surface area contributed by atoms with Gasteiger partial charge in [0.05, 0.1) is 18.9 Å². The first-order valence-corrected chi connectivity index (χ1v) is 8.86. The fraction of sp³-hybridized carbons (Fsp3) is 0.0769. The van der Waals surface area contributed by atoms with Gasteiger partial charge in [0.25, 0.3) is 5.91 Å². The summed E-state index contributed by atoms with van der Waals surface area (Å²) < 4.78 is 4.96. The highest BCUT2D eigenvalue weighted by Crippen LogP contribution is 2.25. The van der Waals surface area contributed by atoms with E-state index in [4.69, 9.17) is 0 Å². The number of hydrogen-bond donors (Lipinski definition) is 0. The highest BCUT2D eigenvalue weighted by atomic mass is 79.9. The highest BCUT2D eigenvalue weighted by molar-refractivity contribution is 9.11. The molecule has 0 N–H and O–H groups in total. The van der Waals surface area contributed by atoms with Crippen LogP contribution in [0.25, 0.3) is 10.2 Å². The molecule has 3 nitrogen and oxygen atoms in total. The van der Waals surface area contributed by atoms with Crippen LogP contribution in [0.1, 0.15) is 9.67 Å². The lowest BCUT2D eigenvalue weighted by Gasteiger charge is -1.97. The van der Waals surface area contributed by atoms with Gasteiger partial charge in [-0.1, -0.05) is 17.4 Å². The normalized spacial score (nSPS) is 12.2. The lowest BCUT2D eigenvalue weighted by molar-refractivity contribution is 0.100. The number of hydrogen-bond acceptors (Lipinski definition) is 3. The zero-order valence-electron chi connectivity index (χ0n) is 10.3. The summed E-state index contributed by atoms with van der Waals surface area (Å²) >= 11 is 9.78. The minimum Gasteiger partial charge on any atom is -0.318 e. The van der Waals surface area contributed by atoms with Gasteiger partial charge in [0.2, 0.25) is 0 Å². The molecular formula is C13H8Br2N2OS2. The van der Waals surface area contributed by atoms with E-state index in [0.29, 0.717) is 9.68 Å². The summed E-state index contributed by atoms with van der Waals surface area (Å²) in [5.74, 6) is -0.209. The molecular weight excluding hydrogens is 424 g/mol. The van der Waals surface area contributed by atoms with Crippen LogP contribution in [0.5, 0.6) is 0 Å². The molecule has 0 radical (unpaired) electrons. The van der Waals surface area contributed by atoms with Crippen LogP contribution in [0.3, 0.4) is 0 Å². The number of benzene rings is 1. The number of aromatic nitrogens is 1. The Morgan fingerprint density at radius 2 is 2.00 bits per heavy atom. The first-order chi connectivity index (χ1) is 9.56. The summed E-state index contributed by atoms with van der Waals surface area (Å²) in [6.07, 6.45) is 0. The number of fused-ring (bicyclic) bond motifs is 1. The predicted molar refractivity (Wildman–Crippen MR) is 90.4 cm³/mol. The van der Waals surface area contributed by atoms with Gasteiger partial charge in [-0.3, -0.25) is 4.79 Å². The van der Waals surface area contributed by atoms with Crippen molar-refractivity contribution in [3.63, 3.8) is 0 Å². The molecule has 0 aliphatic carbocycles. The number of nitrogens with zero attached hydrogens (tertiary/aromatic N) is 2. The molecule has 20 heavy (non-hydrogen) atoms. The minimum atomic E-state index is -0.209. The van der Waals surface area contributed by atoms with Crippen LogP contribution in [0.15, 0.2) is 43.6 Å². The van der Waals surface area contributed by atoms with Crippen molar-refractivity contribution in [3.8, 4) is 0 Å². The number of rotatable bonds is 1. The zero-order valence-corrected chi connectivity index (χ0v) is 15.1. The van der Waals surface area contributed by atoms with Crippen LogP contribution in [0.2, 0.25) is 0 Å². The number of thiazole rings is 1. The molecule has 0 saturated heterocycles. The van der Waals surface area contributed by atoms with Gasteiger partial charge in [-0.2, -0.15) is 4.99 Å². The van der Waals surface area contributed by atoms with Crippen molar-refractivity contribution in [1.82, 2.24) is 4.57 Å². The Morgan fingerprint density at radius 3 is 2.65 bits per heavy atom. The monoisotopic (exact) mass is 430 g/mol. The molecule has 2 aromatic heterocycles. The Kier molecular flexibility index (Phi) is 3.94. The van der Waals surface area contributed by atoms with Crippen LogP contribution in [0, 0.1) is 0 Å². The number of halogens is 2. The molecule has 3 aromatic rings. The molecule has 0 fully saturated rings. The maximum Gasteiger partial charge on any atom is 0.289 e. The molecule has 0 aliphatic heterocycles. The highest BCUT2D eigenvalue weighted by Gasteiger charge is 2.10. The molecule has 0 spiro atoms. The van der Waals surface area contributed by atoms with Crippen molar-refractivity contribution in [3.05, 3.63) is 48.3 Å². The Balaban J connectivity index is 2.15. The van der Waals surface area contributed by atoms with Gasteiger partial charge >= 0.3 is 0 Å². The Hall–Kier alpha value is -0.760. The average molecular weight is 432 g/mol. The molecule has 1 amide bonds. The van der Waals surface area contributed by atoms with E-state index in [9.17, 15) is 4.79 Å². The molecule has 0 unspecified atom stereocenters. The maximum atomic E-state index is 12.1. The van der Waals surface area contributed by atoms with Gasteiger partial charge < -0.3 is 4.57 Å². The summed E-state index contributed by atoms with van der Waals surface area (Å²) in [6.45, 7) is 0. The number of aryl methyl sites for hydroxylation is 1. The summed E-state index contributed by atoms with van der Waals surface area (Å²) in [5.41, 5.74) is 1.05. The topological polar surface area (TPSA) is 34.4 Å². The number of amides is 1. The summed E-state index contributed by atoms with van der Waals surface area (Å²) in [4.78, 5) is 17.7. The standard InChI is InChI=1S/C13H8Br2N2OS2/c1-17-11-7(14)3-2-4-8(11)20-13(17)16-12(18)9-5-6-10(15)19-9/h2-6H,1H3. The molecule has 102 valence electrons. The van der Waals surface area contributed by atoms with E-state index in [1.165, 1.54) is 22.7 Å². The number of carbonyl (C=O) groups is 1. The number of para-hydroxylation sites is 1. The minimum absolute atomic E-state index is 0.209. The van der Waals surface area contributed by atoms with Gasteiger partial charge in [-0.25, -0.2) is 0 Å². The maximum absolute atomic E-state index is 12.1. The first-order valence-electron chi connectivity index (χ1n) is 5.64. The van der Waals surface area contributed by atoms with Crippen molar-refractivity contribution < 1.29 is 4.79 Å². The summed E-state index contributed by atoms with van der Waals surface area (Å²) in [6, 6.07) is 9.62. The van der Waals surface area contributed by atoms with E-state index in [1.807, 2.05) is 35.9 Å². The SMILES string of the molecule is Cn1c(=NC(=O)c2ccc(Br)s2)sc2cccc(Br)c21. The van der Waals surface area contributed by atoms with Gasteiger partial charge in [0.15, 0.2) is 4.80 Å². The van der Waals surface area contributed by atoms with Gasteiger partial charge in [-0.15, -0.1) is 11.3 Å². The molecule has 0 saturated carbocycles. The van der Waals surface area contributed by atoms with Crippen LogP contribution < -0.4 is 4.80 Å². The second-order valence-electron chi connectivity index (χ2n) is 4.05. The Labute approximate surface area is 139 Å². The Bertz CT molecular complexity index is 876. The van der Waals surface area contributed by atoms with Crippen LogP contribution in [-0.4, -0.2) is 10.5 Å². The van der Waals surface area contributed by atoms with E-state index in [0.717, 1.165) is 18.5 Å². The third-order valence-electron chi connectivity index (χ3n) is 2.75. The molecule has 2 heterocycles. The zero-order chi connectivity index (χ0) is 14.3. The molecule has 7 heteroatoms. The van der Waals surface area contributed by atoms with Crippen molar-refractivity contribution >= 4 is 70.7 Å². The van der Waals surface area contributed by atoms with Crippen molar-refractivity contribution in [2.75, 3.05) is 0 Å². The van der Waals surface area contributed by atoms with E-state index in [1.54, 1.807) is 6.07 Å². The van der Waals surface area contributed by atoms with Crippen molar-refractivity contribution in [1.29, 1.82) is 0 Å². The lowest BCUT2D eigenvalue weighted by atomic mass is 10.3. The van der Waals surface area contributed by atoms with E-state index in [-0.39, 0.29) is 5.91 Å². The van der Waals surface area contributed by atoms with E-state index < -0.39 is 0 Å². The van der Waals surface area contributed by atoms with Gasteiger partial charge in [0.1, 0.15) is 0 Å². The molecule has 0 atom stereocenters. The van der Waals surface area contributed by atoms with E-state index >= 15 is 0 Å². The summed E-state index contributed by atoms with van der Waals surface area (Å²) in [7, 11) is 1.92. The molecule has 1 aromatic carbocycles. The third-order valence-corrected chi connectivity index (χ3v) is 6.10. The first kappa shape index (κ1) is 14.2.